The number of aromatic nitrogens is 2. The molecule has 0 spiro atoms. The van der Waals surface area contributed by atoms with Crippen molar-refractivity contribution in [2.24, 2.45) is 5.73 Å². The maximum atomic E-state index is 11.5. The average molecular weight is 332 g/mol. The molecule has 0 aliphatic carbocycles. The Bertz CT molecular complexity index is 713. The maximum absolute atomic E-state index is 11.5. The fourth-order valence-corrected chi connectivity index (χ4v) is 2.40. The zero-order chi connectivity index (χ0) is 17.7. The molecule has 0 radical (unpaired) electrons. The van der Waals surface area contributed by atoms with Gasteiger partial charge >= 0.3 is 11.9 Å². The Morgan fingerprint density at radius 1 is 1.33 bits per heavy atom. The van der Waals surface area contributed by atoms with Crippen molar-refractivity contribution in [1.29, 1.82) is 0 Å². The van der Waals surface area contributed by atoms with E-state index in [1.54, 1.807) is 12.1 Å². The minimum absolute atomic E-state index is 0.0176. The first kappa shape index (κ1) is 17.5. The van der Waals surface area contributed by atoms with E-state index in [4.69, 9.17) is 5.73 Å². The largest absolute Gasteiger partial charge is 0.480 e. The molecular weight excluding hydrogens is 312 g/mol. The Hall–Kier alpha value is -2.87. The van der Waals surface area contributed by atoms with Crippen LogP contribution in [0.25, 0.3) is 0 Å². The highest BCUT2D eigenvalue weighted by Crippen LogP contribution is 2.20. The predicted octanol–water partition coefficient (Wildman–Crippen LogP) is 1.11. The highest BCUT2D eigenvalue weighted by molar-refractivity contribution is 5.95. The molecule has 2 atom stereocenters. The second-order valence-electron chi connectivity index (χ2n) is 5.68. The molecular formula is C16H20N4O4. The minimum Gasteiger partial charge on any atom is -0.480 e. The average Bonchev–Trinajstić information content (AvgIpc) is 3.00. The van der Waals surface area contributed by atoms with Crippen molar-refractivity contribution in [3.8, 4) is 0 Å². The van der Waals surface area contributed by atoms with Crippen molar-refractivity contribution in [3.05, 3.63) is 47.5 Å². The van der Waals surface area contributed by atoms with Crippen molar-refractivity contribution in [2.45, 2.75) is 31.8 Å². The second-order valence-corrected chi connectivity index (χ2v) is 5.68. The Balaban J connectivity index is 2.25. The summed E-state index contributed by atoms with van der Waals surface area (Å²) in [6.45, 7) is 1.83. The van der Waals surface area contributed by atoms with Gasteiger partial charge in [-0.3, -0.25) is 0 Å². The van der Waals surface area contributed by atoms with Crippen molar-refractivity contribution in [1.82, 2.24) is 9.97 Å². The number of carbonyl (C=O) groups is 2. The predicted molar refractivity (Wildman–Crippen MR) is 88.1 cm³/mol. The number of aromatic carboxylic acids is 1. The Kier molecular flexibility index (Phi) is 5.54. The normalized spacial score (nSPS) is 13.2. The van der Waals surface area contributed by atoms with Crippen LogP contribution in [0.15, 0.2) is 30.7 Å². The third-order valence-electron chi connectivity index (χ3n) is 3.48. The third-order valence-corrected chi connectivity index (χ3v) is 3.48. The SMILES string of the molecule is C[C@@H](N)Cc1ccc(N[C@@H](Cc2cnc[nH]2)C(=O)O)c(C(=O)O)c1. The van der Waals surface area contributed by atoms with Gasteiger partial charge in [0.2, 0.25) is 0 Å². The monoisotopic (exact) mass is 332 g/mol. The van der Waals surface area contributed by atoms with Crippen LogP contribution in [0.4, 0.5) is 5.69 Å². The molecule has 0 bridgehead atoms. The standard InChI is InChI=1S/C16H20N4O4/c1-9(17)4-10-2-3-13(12(5-10)15(21)22)20-14(16(23)24)6-11-7-18-8-19-11/h2-3,5,7-9,14,20H,4,6,17H2,1H3,(H,18,19)(H,21,22)(H,23,24)/t9-,14+/m1/s1. The molecule has 0 unspecified atom stereocenters. The number of nitrogens with zero attached hydrogens (tertiary/aromatic N) is 1. The van der Waals surface area contributed by atoms with E-state index in [0.29, 0.717) is 12.1 Å². The first-order valence-corrected chi connectivity index (χ1v) is 7.45. The number of benzene rings is 1. The summed E-state index contributed by atoms with van der Waals surface area (Å²) in [6, 6.07) is 3.75. The van der Waals surface area contributed by atoms with Gasteiger partial charge in [0.05, 0.1) is 11.9 Å². The molecule has 0 fully saturated rings. The van der Waals surface area contributed by atoms with E-state index in [-0.39, 0.29) is 23.7 Å². The summed E-state index contributed by atoms with van der Waals surface area (Å²) in [5, 5.41) is 21.6. The van der Waals surface area contributed by atoms with Gasteiger partial charge in [-0.25, -0.2) is 14.6 Å². The quantitative estimate of drug-likeness (QED) is 0.487. The highest BCUT2D eigenvalue weighted by atomic mass is 16.4. The van der Waals surface area contributed by atoms with Gasteiger partial charge < -0.3 is 26.2 Å². The fourth-order valence-electron chi connectivity index (χ4n) is 2.40. The van der Waals surface area contributed by atoms with Crippen LogP contribution < -0.4 is 11.1 Å². The lowest BCUT2D eigenvalue weighted by Crippen LogP contribution is -2.32. The molecule has 128 valence electrons. The van der Waals surface area contributed by atoms with E-state index in [0.717, 1.165) is 5.56 Å². The van der Waals surface area contributed by atoms with Gasteiger partial charge in [-0.2, -0.15) is 0 Å². The van der Waals surface area contributed by atoms with Crippen LogP contribution in [0.5, 0.6) is 0 Å². The zero-order valence-electron chi connectivity index (χ0n) is 13.2. The number of rotatable bonds is 8. The summed E-state index contributed by atoms with van der Waals surface area (Å²) in [5.74, 6) is -2.21. The van der Waals surface area contributed by atoms with Gasteiger partial charge in [-0.05, 0) is 31.0 Å². The Morgan fingerprint density at radius 2 is 2.08 bits per heavy atom. The van der Waals surface area contributed by atoms with Crippen LogP contribution in [-0.2, 0) is 17.6 Å². The maximum Gasteiger partial charge on any atom is 0.337 e. The summed E-state index contributed by atoms with van der Waals surface area (Å²) in [6.07, 6.45) is 3.67. The first-order chi connectivity index (χ1) is 11.4. The van der Waals surface area contributed by atoms with Crippen LogP contribution in [0, 0.1) is 0 Å². The van der Waals surface area contributed by atoms with Crippen LogP contribution >= 0.6 is 0 Å². The van der Waals surface area contributed by atoms with Gasteiger partial charge in [0, 0.05) is 30.0 Å². The molecule has 8 nitrogen and oxygen atoms in total. The van der Waals surface area contributed by atoms with Crippen molar-refractivity contribution in [3.63, 3.8) is 0 Å². The molecule has 2 aromatic rings. The van der Waals surface area contributed by atoms with E-state index < -0.39 is 18.0 Å². The van der Waals surface area contributed by atoms with Crippen LogP contribution in [0.1, 0.15) is 28.5 Å². The van der Waals surface area contributed by atoms with E-state index in [1.165, 1.54) is 18.6 Å². The van der Waals surface area contributed by atoms with Crippen molar-refractivity contribution < 1.29 is 19.8 Å². The van der Waals surface area contributed by atoms with E-state index in [2.05, 4.69) is 15.3 Å². The van der Waals surface area contributed by atoms with Crippen LogP contribution in [-0.4, -0.2) is 44.2 Å². The Morgan fingerprint density at radius 3 is 2.62 bits per heavy atom. The molecule has 8 heteroatoms. The molecule has 0 aliphatic heterocycles. The smallest absolute Gasteiger partial charge is 0.337 e. The van der Waals surface area contributed by atoms with Crippen molar-refractivity contribution in [2.75, 3.05) is 5.32 Å². The number of anilines is 1. The highest BCUT2D eigenvalue weighted by Gasteiger charge is 2.21. The summed E-state index contributed by atoms with van der Waals surface area (Å²) < 4.78 is 0. The number of carboxylic acids is 2. The summed E-state index contributed by atoms with van der Waals surface area (Å²) in [7, 11) is 0. The number of imidazole rings is 1. The molecule has 1 aromatic carbocycles. The number of aromatic amines is 1. The summed E-state index contributed by atoms with van der Waals surface area (Å²) >= 11 is 0. The van der Waals surface area contributed by atoms with Crippen molar-refractivity contribution >= 4 is 17.6 Å². The van der Waals surface area contributed by atoms with Gasteiger partial charge in [-0.1, -0.05) is 6.07 Å². The molecule has 0 saturated carbocycles. The van der Waals surface area contributed by atoms with Gasteiger partial charge in [0.15, 0.2) is 0 Å². The molecule has 2 rings (SSSR count). The topological polar surface area (TPSA) is 141 Å². The van der Waals surface area contributed by atoms with Crippen LogP contribution in [0.2, 0.25) is 0 Å². The number of hydrogen-bond donors (Lipinski definition) is 5. The minimum atomic E-state index is -1.13. The third kappa shape index (κ3) is 4.56. The summed E-state index contributed by atoms with van der Waals surface area (Å²) in [5.41, 5.74) is 7.43. The fraction of sp³-hybridized carbons (Fsp3) is 0.312. The van der Waals surface area contributed by atoms with Gasteiger partial charge in [-0.15, -0.1) is 0 Å². The number of nitrogens with two attached hydrogens (primary N) is 1. The van der Waals surface area contributed by atoms with Gasteiger partial charge in [0.1, 0.15) is 6.04 Å². The molecule has 0 saturated heterocycles. The summed E-state index contributed by atoms with van der Waals surface area (Å²) in [4.78, 5) is 29.6. The lowest BCUT2D eigenvalue weighted by molar-refractivity contribution is -0.137. The van der Waals surface area contributed by atoms with E-state index >= 15 is 0 Å². The molecule has 0 aliphatic rings. The molecule has 1 aromatic heterocycles. The van der Waals surface area contributed by atoms with E-state index in [9.17, 15) is 19.8 Å². The number of nitrogens with one attached hydrogen (secondary N) is 2. The number of carboxylic acid groups (broad SMARTS) is 2. The van der Waals surface area contributed by atoms with Gasteiger partial charge in [0.25, 0.3) is 0 Å². The Labute approximate surface area is 138 Å². The van der Waals surface area contributed by atoms with E-state index in [1.807, 2.05) is 6.92 Å². The zero-order valence-corrected chi connectivity index (χ0v) is 13.2. The number of H-pyrrole nitrogens is 1. The molecule has 24 heavy (non-hydrogen) atoms. The molecule has 6 N–H and O–H groups in total. The lowest BCUT2D eigenvalue weighted by Gasteiger charge is -2.17. The molecule has 0 amide bonds. The second kappa shape index (κ2) is 7.60. The lowest BCUT2D eigenvalue weighted by atomic mass is 10.0. The molecule has 1 heterocycles. The number of aliphatic carboxylic acids is 1. The van der Waals surface area contributed by atoms with Crippen LogP contribution in [0.3, 0.4) is 0 Å². The number of hydrogen-bond acceptors (Lipinski definition) is 5. The first-order valence-electron chi connectivity index (χ1n) is 7.45.